The van der Waals surface area contributed by atoms with Gasteiger partial charge in [0.2, 0.25) is 14.9 Å². The van der Waals surface area contributed by atoms with Crippen LogP contribution >= 0.6 is 0 Å². The maximum atomic E-state index is 13.2. The molecule has 2 aromatic carbocycles. The van der Waals surface area contributed by atoms with E-state index in [1.54, 1.807) is 18.2 Å². The third-order valence-electron chi connectivity index (χ3n) is 4.54. The van der Waals surface area contributed by atoms with Crippen LogP contribution in [0.5, 0.6) is 0 Å². The zero-order valence-corrected chi connectivity index (χ0v) is 15.1. The summed E-state index contributed by atoms with van der Waals surface area (Å²) in [4.78, 5) is 21.1. The first-order chi connectivity index (χ1) is 13.0. The van der Waals surface area contributed by atoms with Crippen molar-refractivity contribution in [3.8, 4) is 0 Å². The summed E-state index contributed by atoms with van der Waals surface area (Å²) in [6, 6.07) is 11.9. The number of hydrogen-bond acceptors (Lipinski definition) is 7. The number of benzene rings is 2. The highest BCUT2D eigenvalue weighted by Gasteiger charge is 2.29. The van der Waals surface area contributed by atoms with E-state index in [1.165, 1.54) is 24.3 Å². The molecule has 8 nitrogen and oxygen atoms in total. The molecule has 3 aromatic rings. The van der Waals surface area contributed by atoms with Crippen molar-refractivity contribution in [3.63, 3.8) is 0 Å². The number of rotatable bonds is 4. The van der Waals surface area contributed by atoms with Gasteiger partial charge in [-0.1, -0.05) is 12.1 Å². The Labute approximate surface area is 155 Å². The van der Waals surface area contributed by atoms with Crippen LogP contribution in [0.25, 0.3) is 11.0 Å². The Morgan fingerprint density at radius 3 is 2.11 bits per heavy atom. The van der Waals surface area contributed by atoms with E-state index in [0.717, 1.165) is 25.9 Å². The quantitative estimate of drug-likeness (QED) is 0.503. The number of nitrogens with zero attached hydrogens (tertiary/aromatic N) is 4. The molecule has 0 unspecified atom stereocenters. The standard InChI is InChI=1S/C18H16N4O4S/c23-22(24)13-7-9-14(10-8-13)27(25,26)18-17(21-11-3-4-12-21)19-15-5-1-2-6-16(15)20-18/h1-2,5-10H,3-4,11-12H2. The summed E-state index contributed by atoms with van der Waals surface area (Å²) in [6.45, 7) is 1.44. The van der Waals surface area contributed by atoms with Crippen molar-refractivity contribution in [1.29, 1.82) is 0 Å². The highest BCUT2D eigenvalue weighted by atomic mass is 32.2. The Kier molecular flexibility index (Phi) is 4.23. The molecule has 1 saturated heterocycles. The summed E-state index contributed by atoms with van der Waals surface area (Å²) >= 11 is 0. The van der Waals surface area contributed by atoms with Crippen LogP contribution in [0, 0.1) is 10.1 Å². The highest BCUT2D eigenvalue weighted by molar-refractivity contribution is 7.91. The molecule has 138 valence electrons. The molecule has 1 aliphatic rings. The van der Waals surface area contributed by atoms with Gasteiger partial charge in [-0.25, -0.2) is 18.4 Å². The number of nitro groups is 1. The molecule has 27 heavy (non-hydrogen) atoms. The van der Waals surface area contributed by atoms with Crippen molar-refractivity contribution in [3.05, 3.63) is 58.6 Å². The van der Waals surface area contributed by atoms with E-state index in [9.17, 15) is 18.5 Å². The maximum absolute atomic E-state index is 13.2. The van der Waals surface area contributed by atoms with Crippen LogP contribution in [0.3, 0.4) is 0 Å². The summed E-state index contributed by atoms with van der Waals surface area (Å²) in [5.74, 6) is 0.338. The van der Waals surface area contributed by atoms with Gasteiger partial charge in [0.05, 0.1) is 20.9 Å². The summed E-state index contributed by atoms with van der Waals surface area (Å²) in [6.07, 6.45) is 1.93. The number of fused-ring (bicyclic) bond motifs is 1. The highest BCUT2D eigenvalue weighted by Crippen LogP contribution is 2.31. The Morgan fingerprint density at radius 1 is 0.926 bits per heavy atom. The first-order valence-electron chi connectivity index (χ1n) is 8.48. The molecule has 1 aromatic heterocycles. The summed E-state index contributed by atoms with van der Waals surface area (Å²) in [5, 5.41) is 10.7. The van der Waals surface area contributed by atoms with Gasteiger partial charge in [-0.15, -0.1) is 0 Å². The molecule has 4 rings (SSSR count). The molecule has 0 atom stereocenters. The second kappa shape index (κ2) is 6.58. The van der Waals surface area contributed by atoms with Crippen molar-refractivity contribution < 1.29 is 13.3 Å². The van der Waals surface area contributed by atoms with Gasteiger partial charge in [0.15, 0.2) is 5.82 Å². The van der Waals surface area contributed by atoms with Gasteiger partial charge >= 0.3 is 0 Å². The first kappa shape index (κ1) is 17.3. The Morgan fingerprint density at radius 2 is 1.52 bits per heavy atom. The van der Waals surface area contributed by atoms with E-state index in [4.69, 9.17) is 0 Å². The lowest BCUT2D eigenvalue weighted by Gasteiger charge is -2.20. The van der Waals surface area contributed by atoms with Crippen LogP contribution in [-0.4, -0.2) is 36.4 Å². The molecule has 9 heteroatoms. The molecule has 0 spiro atoms. The van der Waals surface area contributed by atoms with Gasteiger partial charge in [0.1, 0.15) is 0 Å². The van der Waals surface area contributed by atoms with Crippen molar-refractivity contribution in [2.45, 2.75) is 22.8 Å². The normalized spacial score (nSPS) is 14.6. The SMILES string of the molecule is O=[N+]([O-])c1ccc(S(=O)(=O)c2nc3ccccc3nc2N2CCCC2)cc1. The van der Waals surface area contributed by atoms with E-state index >= 15 is 0 Å². The van der Waals surface area contributed by atoms with Crippen LogP contribution in [0.2, 0.25) is 0 Å². The Bertz CT molecular complexity index is 1120. The molecule has 1 fully saturated rings. The number of non-ortho nitro benzene ring substituents is 1. The van der Waals surface area contributed by atoms with Crippen LogP contribution in [0.15, 0.2) is 58.5 Å². The fourth-order valence-electron chi connectivity index (χ4n) is 3.15. The average Bonchev–Trinajstić information content (AvgIpc) is 3.21. The van der Waals surface area contributed by atoms with Crippen molar-refractivity contribution in [1.82, 2.24) is 9.97 Å². The molecule has 0 saturated carbocycles. The van der Waals surface area contributed by atoms with Gasteiger partial charge in [-0.3, -0.25) is 10.1 Å². The lowest BCUT2D eigenvalue weighted by Crippen LogP contribution is -2.23. The zero-order chi connectivity index (χ0) is 19.0. The van der Waals surface area contributed by atoms with Gasteiger partial charge < -0.3 is 4.90 Å². The first-order valence-corrected chi connectivity index (χ1v) is 9.96. The van der Waals surface area contributed by atoms with E-state index in [-0.39, 0.29) is 15.6 Å². The Hall–Kier alpha value is -3.07. The summed E-state index contributed by atoms with van der Waals surface area (Å²) in [7, 11) is -3.98. The molecule has 0 radical (unpaired) electrons. The minimum absolute atomic E-state index is 0.0434. The fourth-order valence-corrected chi connectivity index (χ4v) is 4.50. The molecule has 0 amide bonds. The molecular formula is C18H16N4O4S. The van der Waals surface area contributed by atoms with Gasteiger partial charge in [0.25, 0.3) is 5.69 Å². The number of nitro benzene ring substituents is 1. The van der Waals surface area contributed by atoms with Crippen LogP contribution in [0.1, 0.15) is 12.8 Å². The largest absolute Gasteiger partial charge is 0.354 e. The maximum Gasteiger partial charge on any atom is 0.269 e. The number of hydrogen-bond donors (Lipinski definition) is 0. The predicted molar refractivity (Wildman–Crippen MR) is 99.5 cm³/mol. The Balaban J connectivity index is 1.89. The summed E-state index contributed by atoms with van der Waals surface area (Å²) < 4.78 is 26.5. The van der Waals surface area contributed by atoms with Crippen LogP contribution in [-0.2, 0) is 9.84 Å². The zero-order valence-electron chi connectivity index (χ0n) is 14.3. The van der Waals surface area contributed by atoms with E-state index in [1.807, 2.05) is 11.0 Å². The second-order valence-electron chi connectivity index (χ2n) is 6.29. The molecule has 0 N–H and O–H groups in total. The molecule has 2 heterocycles. The van der Waals surface area contributed by atoms with Gasteiger partial charge in [-0.05, 0) is 37.1 Å². The average molecular weight is 384 g/mol. The van der Waals surface area contributed by atoms with E-state index < -0.39 is 14.8 Å². The van der Waals surface area contributed by atoms with Crippen molar-refractivity contribution in [2.24, 2.45) is 0 Å². The lowest BCUT2D eigenvalue weighted by atomic mass is 10.3. The van der Waals surface area contributed by atoms with E-state index in [2.05, 4.69) is 9.97 Å². The molecule has 0 aliphatic carbocycles. The molecular weight excluding hydrogens is 368 g/mol. The topological polar surface area (TPSA) is 106 Å². The smallest absolute Gasteiger partial charge is 0.269 e. The number of anilines is 1. The van der Waals surface area contributed by atoms with Crippen molar-refractivity contribution in [2.75, 3.05) is 18.0 Å². The number of aromatic nitrogens is 2. The third kappa shape index (κ3) is 3.10. The fraction of sp³-hybridized carbons (Fsp3) is 0.222. The second-order valence-corrected chi connectivity index (χ2v) is 8.15. The third-order valence-corrected chi connectivity index (χ3v) is 6.22. The summed E-state index contributed by atoms with van der Waals surface area (Å²) in [5.41, 5.74) is 0.946. The number of para-hydroxylation sites is 2. The minimum Gasteiger partial charge on any atom is -0.354 e. The van der Waals surface area contributed by atoms with E-state index in [0.29, 0.717) is 16.9 Å². The van der Waals surface area contributed by atoms with Gasteiger partial charge in [-0.2, -0.15) is 0 Å². The lowest BCUT2D eigenvalue weighted by molar-refractivity contribution is -0.384. The molecule has 0 bridgehead atoms. The van der Waals surface area contributed by atoms with Crippen LogP contribution < -0.4 is 4.90 Å². The molecule has 1 aliphatic heterocycles. The number of sulfone groups is 1. The minimum atomic E-state index is -3.98. The monoisotopic (exact) mass is 384 g/mol. The van der Waals surface area contributed by atoms with Crippen LogP contribution in [0.4, 0.5) is 11.5 Å². The van der Waals surface area contributed by atoms with Crippen molar-refractivity contribution >= 4 is 32.4 Å². The predicted octanol–water partition coefficient (Wildman–Crippen LogP) is 2.97. The van der Waals surface area contributed by atoms with Gasteiger partial charge in [0, 0.05) is 25.2 Å².